The molecule has 106 valence electrons. The van der Waals surface area contributed by atoms with Gasteiger partial charge < -0.3 is 14.0 Å². The number of ether oxygens (including phenoxy) is 2. The molecule has 0 saturated heterocycles. The number of hydrogen-bond acceptors (Lipinski definition) is 4. The van der Waals surface area contributed by atoms with Gasteiger partial charge in [-0.3, -0.25) is 0 Å². The summed E-state index contributed by atoms with van der Waals surface area (Å²) in [6.07, 6.45) is 1.51. The topological polar surface area (TPSA) is 53.3 Å². The van der Waals surface area contributed by atoms with E-state index in [-0.39, 0.29) is 0 Å². The van der Waals surface area contributed by atoms with Gasteiger partial charge in [-0.05, 0) is 31.2 Å². The van der Waals surface area contributed by atoms with E-state index in [2.05, 4.69) is 20.9 Å². The van der Waals surface area contributed by atoms with Gasteiger partial charge in [-0.25, -0.2) is 9.78 Å². The fourth-order valence-corrected chi connectivity index (χ4v) is 2.07. The predicted molar refractivity (Wildman–Crippen MR) is 77.9 cm³/mol. The number of aryl methyl sites for hydroxylation is 1. The normalized spacial score (nSPS) is 10.3. The minimum Gasteiger partial charge on any atom is -0.492 e. The van der Waals surface area contributed by atoms with E-state index in [1.807, 2.05) is 31.2 Å². The first-order valence-electron chi connectivity index (χ1n) is 6.10. The predicted octanol–water partition coefficient (Wildman–Crippen LogP) is 2.82. The Balaban J connectivity index is 1.99. The van der Waals surface area contributed by atoms with Crippen LogP contribution in [0.15, 0.2) is 34.9 Å². The van der Waals surface area contributed by atoms with Crippen LogP contribution < -0.4 is 4.74 Å². The number of imidazole rings is 1. The van der Waals surface area contributed by atoms with Crippen LogP contribution in [0.2, 0.25) is 0 Å². The van der Waals surface area contributed by atoms with Crippen LogP contribution in [-0.4, -0.2) is 29.2 Å². The Morgan fingerprint density at radius 2 is 2.05 bits per heavy atom. The van der Waals surface area contributed by atoms with Gasteiger partial charge in [0.25, 0.3) is 0 Å². The Morgan fingerprint density at radius 1 is 1.35 bits per heavy atom. The fraction of sp³-hybridized carbons (Fsp3) is 0.286. The summed E-state index contributed by atoms with van der Waals surface area (Å²) in [6.45, 7) is 2.82. The first-order valence-corrected chi connectivity index (χ1v) is 6.90. The SMILES string of the molecule is COC(=O)c1cnc(C)n1CCOc1ccc(Br)cc1. The molecule has 0 unspecified atom stereocenters. The van der Waals surface area contributed by atoms with Gasteiger partial charge in [0.15, 0.2) is 0 Å². The van der Waals surface area contributed by atoms with Gasteiger partial charge in [0.1, 0.15) is 23.9 Å². The number of hydrogen-bond donors (Lipinski definition) is 0. The Morgan fingerprint density at radius 3 is 2.70 bits per heavy atom. The molecule has 0 N–H and O–H groups in total. The van der Waals surface area contributed by atoms with Crippen molar-refractivity contribution in [2.75, 3.05) is 13.7 Å². The van der Waals surface area contributed by atoms with Crippen LogP contribution in [0.3, 0.4) is 0 Å². The highest BCUT2D eigenvalue weighted by Gasteiger charge is 2.14. The second-order valence-corrected chi connectivity index (χ2v) is 5.05. The van der Waals surface area contributed by atoms with Crippen molar-refractivity contribution in [3.63, 3.8) is 0 Å². The zero-order valence-electron chi connectivity index (χ0n) is 11.3. The summed E-state index contributed by atoms with van der Waals surface area (Å²) in [5, 5.41) is 0. The Kier molecular flexibility index (Phi) is 4.79. The molecule has 0 fully saturated rings. The summed E-state index contributed by atoms with van der Waals surface area (Å²) in [5.41, 5.74) is 0.435. The van der Waals surface area contributed by atoms with E-state index in [9.17, 15) is 4.79 Å². The van der Waals surface area contributed by atoms with Crippen molar-refractivity contribution >= 4 is 21.9 Å². The highest BCUT2D eigenvalue weighted by atomic mass is 79.9. The van der Waals surface area contributed by atoms with Gasteiger partial charge in [-0.1, -0.05) is 15.9 Å². The number of aromatic nitrogens is 2. The number of carbonyl (C=O) groups excluding carboxylic acids is 1. The average molecular weight is 339 g/mol. The van der Waals surface area contributed by atoms with Crippen molar-refractivity contribution in [2.45, 2.75) is 13.5 Å². The lowest BCUT2D eigenvalue weighted by Gasteiger charge is -2.10. The number of nitrogens with zero attached hydrogens (tertiary/aromatic N) is 2. The van der Waals surface area contributed by atoms with E-state index in [1.165, 1.54) is 13.3 Å². The maximum absolute atomic E-state index is 11.6. The van der Waals surface area contributed by atoms with E-state index in [0.717, 1.165) is 16.0 Å². The molecular formula is C14H15BrN2O3. The monoisotopic (exact) mass is 338 g/mol. The number of methoxy groups -OCH3 is 1. The lowest BCUT2D eigenvalue weighted by atomic mass is 10.3. The van der Waals surface area contributed by atoms with Crippen molar-refractivity contribution in [1.29, 1.82) is 0 Å². The molecule has 1 aromatic heterocycles. The number of rotatable bonds is 5. The second kappa shape index (κ2) is 6.56. The zero-order valence-corrected chi connectivity index (χ0v) is 12.9. The first kappa shape index (κ1) is 14.6. The Labute approximate surface area is 125 Å². The molecule has 0 aliphatic carbocycles. The van der Waals surface area contributed by atoms with E-state index < -0.39 is 5.97 Å². The van der Waals surface area contributed by atoms with Crippen LogP contribution in [0.4, 0.5) is 0 Å². The second-order valence-electron chi connectivity index (χ2n) is 4.14. The molecule has 0 radical (unpaired) electrons. The highest BCUT2D eigenvalue weighted by Crippen LogP contribution is 2.16. The third kappa shape index (κ3) is 3.39. The van der Waals surface area contributed by atoms with Gasteiger partial charge >= 0.3 is 5.97 Å². The van der Waals surface area contributed by atoms with Gasteiger partial charge in [-0.15, -0.1) is 0 Å². The first-order chi connectivity index (χ1) is 9.61. The standard InChI is InChI=1S/C14H15BrN2O3/c1-10-16-9-13(14(18)19-2)17(10)7-8-20-12-5-3-11(15)4-6-12/h3-6,9H,7-8H2,1-2H3. The maximum Gasteiger partial charge on any atom is 0.356 e. The molecule has 2 rings (SSSR count). The summed E-state index contributed by atoms with van der Waals surface area (Å²) in [4.78, 5) is 15.7. The van der Waals surface area contributed by atoms with Crippen molar-refractivity contribution in [2.24, 2.45) is 0 Å². The average Bonchev–Trinajstić information content (AvgIpc) is 2.82. The molecule has 5 nitrogen and oxygen atoms in total. The Bertz CT molecular complexity index is 593. The smallest absolute Gasteiger partial charge is 0.356 e. The van der Waals surface area contributed by atoms with Gasteiger partial charge in [0.05, 0.1) is 19.9 Å². The third-order valence-corrected chi connectivity index (χ3v) is 3.38. The molecule has 0 spiro atoms. The Hall–Kier alpha value is -1.82. The molecule has 0 amide bonds. The van der Waals surface area contributed by atoms with Crippen LogP contribution in [0.25, 0.3) is 0 Å². The van der Waals surface area contributed by atoms with E-state index in [4.69, 9.17) is 9.47 Å². The van der Waals surface area contributed by atoms with E-state index >= 15 is 0 Å². The zero-order chi connectivity index (χ0) is 14.5. The molecular weight excluding hydrogens is 324 g/mol. The van der Waals surface area contributed by atoms with Gasteiger partial charge in [-0.2, -0.15) is 0 Å². The molecule has 0 aliphatic rings. The molecule has 1 heterocycles. The largest absolute Gasteiger partial charge is 0.492 e. The van der Waals surface area contributed by atoms with Crippen LogP contribution in [0.5, 0.6) is 5.75 Å². The molecule has 0 aliphatic heterocycles. The number of esters is 1. The van der Waals surface area contributed by atoms with Crippen molar-refractivity contribution in [3.05, 3.63) is 46.5 Å². The van der Waals surface area contributed by atoms with Crippen LogP contribution in [0, 0.1) is 6.92 Å². The molecule has 0 saturated carbocycles. The molecule has 20 heavy (non-hydrogen) atoms. The molecule has 0 bridgehead atoms. The minimum absolute atomic E-state index is 0.394. The minimum atomic E-state index is -0.394. The quantitative estimate of drug-likeness (QED) is 0.786. The van der Waals surface area contributed by atoms with Crippen LogP contribution in [0.1, 0.15) is 16.3 Å². The van der Waals surface area contributed by atoms with E-state index in [0.29, 0.717) is 18.8 Å². The highest BCUT2D eigenvalue weighted by molar-refractivity contribution is 9.10. The number of carbonyl (C=O) groups is 1. The number of halogens is 1. The van der Waals surface area contributed by atoms with Crippen molar-refractivity contribution < 1.29 is 14.3 Å². The summed E-state index contributed by atoms with van der Waals surface area (Å²) < 4.78 is 13.1. The van der Waals surface area contributed by atoms with Gasteiger partial charge in [0, 0.05) is 4.47 Å². The van der Waals surface area contributed by atoms with E-state index in [1.54, 1.807) is 4.57 Å². The van der Waals surface area contributed by atoms with Crippen LogP contribution in [-0.2, 0) is 11.3 Å². The fourth-order valence-electron chi connectivity index (χ4n) is 1.80. The van der Waals surface area contributed by atoms with Crippen molar-refractivity contribution in [1.82, 2.24) is 9.55 Å². The molecule has 0 atom stereocenters. The molecule has 6 heteroatoms. The molecule has 2 aromatic rings. The van der Waals surface area contributed by atoms with Crippen molar-refractivity contribution in [3.8, 4) is 5.75 Å². The van der Waals surface area contributed by atoms with Gasteiger partial charge in [0.2, 0.25) is 0 Å². The lowest BCUT2D eigenvalue weighted by molar-refractivity contribution is 0.0587. The maximum atomic E-state index is 11.6. The summed E-state index contributed by atoms with van der Waals surface area (Å²) >= 11 is 3.37. The van der Waals surface area contributed by atoms with Crippen LogP contribution >= 0.6 is 15.9 Å². The number of benzene rings is 1. The summed E-state index contributed by atoms with van der Waals surface area (Å²) in [5.74, 6) is 1.14. The summed E-state index contributed by atoms with van der Waals surface area (Å²) in [7, 11) is 1.35. The molecule has 1 aromatic carbocycles. The third-order valence-electron chi connectivity index (χ3n) is 2.85. The summed E-state index contributed by atoms with van der Waals surface area (Å²) in [6, 6.07) is 7.59. The lowest BCUT2D eigenvalue weighted by Crippen LogP contribution is -2.16.